The van der Waals surface area contributed by atoms with Gasteiger partial charge in [-0.25, -0.2) is 14.4 Å². The summed E-state index contributed by atoms with van der Waals surface area (Å²) in [7, 11) is 0. The highest BCUT2D eigenvalue weighted by atomic mass is 79.9. The fourth-order valence-corrected chi connectivity index (χ4v) is 4.47. The van der Waals surface area contributed by atoms with Crippen molar-refractivity contribution in [3.63, 3.8) is 0 Å². The van der Waals surface area contributed by atoms with Crippen LogP contribution in [-0.2, 0) is 0 Å². The number of halogens is 2. The molecule has 3 N–H and O–H groups in total. The van der Waals surface area contributed by atoms with E-state index < -0.39 is 0 Å². The first-order chi connectivity index (χ1) is 16.6. The molecule has 34 heavy (non-hydrogen) atoms. The first kappa shape index (κ1) is 22.4. The van der Waals surface area contributed by atoms with Gasteiger partial charge in [-0.3, -0.25) is 4.79 Å². The van der Waals surface area contributed by atoms with Crippen molar-refractivity contribution >= 4 is 44.5 Å². The molecule has 1 fully saturated rings. The van der Waals surface area contributed by atoms with E-state index in [1.54, 1.807) is 18.3 Å². The second-order valence-electron chi connectivity index (χ2n) is 8.11. The smallest absolute Gasteiger partial charge is 0.270 e. The van der Waals surface area contributed by atoms with Gasteiger partial charge in [-0.1, -0.05) is 34.1 Å². The molecule has 1 unspecified atom stereocenters. The molecule has 1 atom stereocenters. The highest BCUT2D eigenvalue weighted by Gasteiger charge is 2.21. The van der Waals surface area contributed by atoms with E-state index in [0.717, 1.165) is 29.4 Å². The largest absolute Gasteiger partial charge is 0.349 e. The maximum absolute atomic E-state index is 13.2. The number of amides is 1. The number of benzene rings is 2. The Morgan fingerprint density at radius 1 is 1.12 bits per heavy atom. The van der Waals surface area contributed by atoms with E-state index in [1.807, 2.05) is 30.3 Å². The number of hydrogen-bond acceptors (Lipinski definition) is 6. The zero-order chi connectivity index (χ0) is 23.5. The Morgan fingerprint density at radius 3 is 2.71 bits per heavy atom. The number of nitrogens with one attached hydrogen (secondary N) is 3. The van der Waals surface area contributed by atoms with Gasteiger partial charge in [0.1, 0.15) is 11.5 Å². The van der Waals surface area contributed by atoms with E-state index in [2.05, 4.69) is 46.8 Å². The summed E-state index contributed by atoms with van der Waals surface area (Å²) in [5.41, 5.74) is 2.88. The molecular formula is C25H22BrFN6O. The monoisotopic (exact) mass is 520 g/mol. The van der Waals surface area contributed by atoms with Gasteiger partial charge < -0.3 is 16.0 Å². The fourth-order valence-electron chi connectivity index (χ4n) is 3.97. The van der Waals surface area contributed by atoms with Gasteiger partial charge in [0.2, 0.25) is 5.95 Å². The zero-order valence-electron chi connectivity index (χ0n) is 18.2. The van der Waals surface area contributed by atoms with Crippen molar-refractivity contribution < 1.29 is 9.18 Å². The molecule has 0 spiro atoms. The SMILES string of the molecule is O=C(NCC1CCCN1)c1nc2nc(Nc3ccc(F)cc3)ncc2cc1-c1ccccc1Br. The van der Waals surface area contributed by atoms with Gasteiger partial charge in [-0.05, 0) is 61.3 Å². The summed E-state index contributed by atoms with van der Waals surface area (Å²) in [6, 6.07) is 15.8. The maximum atomic E-state index is 13.2. The van der Waals surface area contributed by atoms with E-state index in [9.17, 15) is 9.18 Å². The number of anilines is 2. The van der Waals surface area contributed by atoms with Gasteiger partial charge in [0.05, 0.1) is 0 Å². The fraction of sp³-hybridized carbons (Fsp3) is 0.200. The Labute approximate surface area is 204 Å². The number of hydrogen-bond donors (Lipinski definition) is 3. The quantitative estimate of drug-likeness (QED) is 0.337. The molecule has 4 aromatic rings. The normalized spacial score (nSPS) is 15.4. The molecule has 0 saturated carbocycles. The van der Waals surface area contributed by atoms with Gasteiger partial charge >= 0.3 is 0 Å². The second kappa shape index (κ2) is 9.82. The van der Waals surface area contributed by atoms with Crippen LogP contribution in [0.3, 0.4) is 0 Å². The Hall–Kier alpha value is -3.43. The number of aromatic nitrogens is 3. The average Bonchev–Trinajstić information content (AvgIpc) is 3.37. The minimum atomic E-state index is -0.324. The maximum Gasteiger partial charge on any atom is 0.270 e. The third kappa shape index (κ3) is 4.90. The van der Waals surface area contributed by atoms with Gasteiger partial charge in [-0.2, -0.15) is 4.98 Å². The first-order valence-corrected chi connectivity index (χ1v) is 11.8. The third-order valence-corrected chi connectivity index (χ3v) is 6.41. The van der Waals surface area contributed by atoms with Crippen LogP contribution in [0.2, 0.25) is 0 Å². The van der Waals surface area contributed by atoms with Crippen LogP contribution in [0, 0.1) is 5.82 Å². The van der Waals surface area contributed by atoms with Crippen LogP contribution in [0.1, 0.15) is 23.3 Å². The highest BCUT2D eigenvalue weighted by molar-refractivity contribution is 9.10. The minimum Gasteiger partial charge on any atom is -0.349 e. The highest BCUT2D eigenvalue weighted by Crippen LogP contribution is 2.32. The van der Waals surface area contributed by atoms with Crippen molar-refractivity contribution in [1.29, 1.82) is 0 Å². The molecule has 1 aliphatic heterocycles. The van der Waals surface area contributed by atoms with Crippen LogP contribution in [0.15, 0.2) is 65.3 Å². The summed E-state index contributed by atoms with van der Waals surface area (Å²) in [5.74, 6) is -0.274. The van der Waals surface area contributed by atoms with Crippen molar-refractivity contribution in [1.82, 2.24) is 25.6 Å². The van der Waals surface area contributed by atoms with E-state index >= 15 is 0 Å². The van der Waals surface area contributed by atoms with Gasteiger partial charge in [0.25, 0.3) is 5.91 Å². The average molecular weight is 521 g/mol. The lowest BCUT2D eigenvalue weighted by Gasteiger charge is -2.15. The van der Waals surface area contributed by atoms with E-state index in [0.29, 0.717) is 40.5 Å². The molecule has 1 saturated heterocycles. The lowest BCUT2D eigenvalue weighted by atomic mass is 10.0. The van der Waals surface area contributed by atoms with Crippen molar-refractivity contribution in [2.75, 3.05) is 18.4 Å². The van der Waals surface area contributed by atoms with E-state index in [4.69, 9.17) is 0 Å². The summed E-state index contributed by atoms with van der Waals surface area (Å²) in [6.45, 7) is 1.51. The van der Waals surface area contributed by atoms with Gasteiger partial charge in [-0.15, -0.1) is 0 Å². The molecule has 9 heteroatoms. The van der Waals surface area contributed by atoms with E-state index in [1.165, 1.54) is 12.1 Å². The molecule has 1 amide bonds. The van der Waals surface area contributed by atoms with Crippen LogP contribution in [-0.4, -0.2) is 40.0 Å². The molecule has 1 aliphatic rings. The zero-order valence-corrected chi connectivity index (χ0v) is 19.8. The molecule has 7 nitrogen and oxygen atoms in total. The second-order valence-corrected chi connectivity index (χ2v) is 8.96. The molecule has 2 aromatic carbocycles. The molecule has 0 bridgehead atoms. The summed E-state index contributed by atoms with van der Waals surface area (Å²) >= 11 is 3.59. The Bertz CT molecular complexity index is 1340. The standard InChI is InChI=1S/C25H22BrFN6O/c26-21-6-2-1-5-19(21)20-12-15-13-30-25(31-17-9-7-16(27)8-10-17)33-23(15)32-22(20)24(34)29-14-18-4-3-11-28-18/h1-2,5-10,12-13,18,28H,3-4,11,14H2,(H,29,34)(H,30,31,32,33). The van der Waals surface area contributed by atoms with Crippen LogP contribution >= 0.6 is 15.9 Å². The topological polar surface area (TPSA) is 91.8 Å². The van der Waals surface area contributed by atoms with Crippen LogP contribution < -0.4 is 16.0 Å². The van der Waals surface area contributed by atoms with Crippen molar-refractivity contribution in [3.05, 3.63) is 76.8 Å². The number of rotatable bonds is 6. The Balaban J connectivity index is 1.52. The van der Waals surface area contributed by atoms with Crippen molar-refractivity contribution in [3.8, 4) is 11.1 Å². The molecule has 3 heterocycles. The van der Waals surface area contributed by atoms with Gasteiger partial charge in [0, 0.05) is 39.9 Å². The Kier molecular flexibility index (Phi) is 6.46. The number of nitrogens with zero attached hydrogens (tertiary/aromatic N) is 3. The van der Waals surface area contributed by atoms with Crippen molar-refractivity contribution in [2.24, 2.45) is 0 Å². The molecular weight excluding hydrogens is 499 g/mol. The number of carbonyl (C=O) groups is 1. The lowest BCUT2D eigenvalue weighted by molar-refractivity contribution is 0.0946. The summed E-state index contributed by atoms with van der Waals surface area (Å²) in [6.07, 6.45) is 3.80. The van der Waals surface area contributed by atoms with Crippen LogP contribution in [0.5, 0.6) is 0 Å². The summed E-state index contributed by atoms with van der Waals surface area (Å²) in [5, 5.41) is 10.2. The first-order valence-electron chi connectivity index (χ1n) is 11.0. The molecule has 0 radical (unpaired) electrons. The predicted molar refractivity (Wildman–Crippen MR) is 134 cm³/mol. The van der Waals surface area contributed by atoms with Crippen molar-refractivity contribution in [2.45, 2.75) is 18.9 Å². The summed E-state index contributed by atoms with van der Waals surface area (Å²) < 4.78 is 14.1. The molecule has 172 valence electrons. The predicted octanol–water partition coefficient (Wildman–Crippen LogP) is 4.82. The molecule has 5 rings (SSSR count). The van der Waals surface area contributed by atoms with Crippen LogP contribution in [0.25, 0.3) is 22.2 Å². The van der Waals surface area contributed by atoms with E-state index in [-0.39, 0.29) is 17.8 Å². The minimum absolute atomic E-state index is 0.256. The molecule has 2 aromatic heterocycles. The lowest BCUT2D eigenvalue weighted by Crippen LogP contribution is -2.37. The van der Waals surface area contributed by atoms with Crippen LogP contribution in [0.4, 0.5) is 16.0 Å². The van der Waals surface area contributed by atoms with Gasteiger partial charge in [0.15, 0.2) is 5.65 Å². The third-order valence-electron chi connectivity index (χ3n) is 5.72. The summed E-state index contributed by atoms with van der Waals surface area (Å²) in [4.78, 5) is 26.8. The molecule has 0 aliphatic carbocycles. The Morgan fingerprint density at radius 2 is 1.94 bits per heavy atom. The number of carbonyl (C=O) groups excluding carboxylic acids is 1. The number of fused-ring (bicyclic) bond motifs is 1. The number of pyridine rings is 1.